The molecule has 0 spiro atoms. The van der Waals surface area contributed by atoms with E-state index in [9.17, 15) is 26.7 Å². The second-order valence-electron chi connectivity index (χ2n) is 4.99. The molecule has 0 radical (unpaired) electrons. The molecule has 1 aliphatic heterocycles. The fourth-order valence-corrected chi connectivity index (χ4v) is 5.24. The molecule has 1 N–H and O–H groups in total. The first kappa shape index (κ1) is 17.4. The van der Waals surface area contributed by atoms with Gasteiger partial charge in [-0.05, 0) is 12.1 Å². The number of aliphatic hydroxyl groups excluding tert-OH is 1. The van der Waals surface area contributed by atoms with E-state index < -0.39 is 57.9 Å². The summed E-state index contributed by atoms with van der Waals surface area (Å²) in [6.45, 7) is -1.24. The molecule has 2 aromatic rings. The second-order valence-corrected chi connectivity index (χ2v) is 8.05. The van der Waals surface area contributed by atoms with E-state index in [0.29, 0.717) is 4.31 Å². The highest BCUT2D eigenvalue weighted by Crippen LogP contribution is 2.47. The van der Waals surface area contributed by atoms with Gasteiger partial charge in [0.05, 0.1) is 31.1 Å². The molecular weight excluding hydrogens is 417 g/mol. The van der Waals surface area contributed by atoms with Crippen LogP contribution in [-0.2, 0) is 10.0 Å². The van der Waals surface area contributed by atoms with Gasteiger partial charge in [0, 0.05) is 0 Å². The van der Waals surface area contributed by atoms with Crippen molar-refractivity contribution in [3.05, 3.63) is 38.9 Å². The fourth-order valence-electron chi connectivity index (χ4n) is 2.47. The topological polar surface area (TPSA) is 79.7 Å². The minimum atomic E-state index is -4.84. The molecule has 12 heteroatoms. The van der Waals surface area contributed by atoms with E-state index in [0.717, 1.165) is 29.0 Å². The number of aromatic nitrogens is 1. The SMILES string of the molecule is [2H]COc1c(Cl)ccc(F)c1C1=C(O)c2scnc2N(CC(F)F)S1(=O)=O. The van der Waals surface area contributed by atoms with Gasteiger partial charge >= 0.3 is 0 Å². The molecule has 0 saturated heterocycles. The standard InChI is InChI=1S/C14H10ClF3N2O4S2/c1-24-11-6(15)2-3-7(16)9(11)13-10(21)12-14(19-5-25-12)20(4-8(17)18)26(13,22)23/h2-3,5,8,21H,4H2,1H3/i1D. The molecule has 26 heavy (non-hydrogen) atoms. The van der Waals surface area contributed by atoms with Crippen molar-refractivity contribution < 1.29 is 32.8 Å². The van der Waals surface area contributed by atoms with E-state index in [1.165, 1.54) is 0 Å². The maximum Gasteiger partial charge on any atom is 0.270 e. The summed E-state index contributed by atoms with van der Waals surface area (Å²) < 4.78 is 78.8. The monoisotopic (exact) mass is 427 g/mol. The number of halogens is 4. The predicted molar refractivity (Wildman–Crippen MR) is 91.8 cm³/mol. The molecule has 0 bridgehead atoms. The lowest BCUT2D eigenvalue weighted by molar-refractivity contribution is 0.159. The van der Waals surface area contributed by atoms with Crippen LogP contribution in [0.3, 0.4) is 0 Å². The molecule has 1 aliphatic rings. The summed E-state index contributed by atoms with van der Waals surface area (Å²) in [6, 6.07) is 1.91. The van der Waals surface area contributed by atoms with Crippen molar-refractivity contribution in [3.8, 4) is 5.75 Å². The van der Waals surface area contributed by atoms with Crippen LogP contribution in [0.15, 0.2) is 17.6 Å². The molecule has 140 valence electrons. The second kappa shape index (κ2) is 6.63. The molecule has 0 atom stereocenters. The van der Waals surface area contributed by atoms with Crippen molar-refractivity contribution >= 4 is 49.4 Å². The van der Waals surface area contributed by atoms with Crippen LogP contribution < -0.4 is 9.04 Å². The summed E-state index contributed by atoms with van der Waals surface area (Å²) in [5, 5.41) is 10.3. The molecule has 0 fully saturated rings. The summed E-state index contributed by atoms with van der Waals surface area (Å²) in [4.78, 5) is 2.61. The number of alkyl halides is 2. The first-order valence-corrected chi connectivity index (χ1v) is 9.48. The minimum absolute atomic E-state index is 0.128. The molecule has 1 aromatic heterocycles. The van der Waals surface area contributed by atoms with Gasteiger partial charge in [0.1, 0.15) is 21.3 Å². The lowest BCUT2D eigenvalue weighted by Crippen LogP contribution is -2.38. The van der Waals surface area contributed by atoms with Crippen molar-refractivity contribution in [3.63, 3.8) is 0 Å². The van der Waals surface area contributed by atoms with Crippen LogP contribution in [-0.4, -0.2) is 38.6 Å². The van der Waals surface area contributed by atoms with Crippen molar-refractivity contribution in [1.29, 1.82) is 0 Å². The fraction of sp³-hybridized carbons (Fsp3) is 0.214. The van der Waals surface area contributed by atoms with Gasteiger partial charge in [-0.25, -0.2) is 30.9 Å². The van der Waals surface area contributed by atoms with Gasteiger partial charge in [-0.2, -0.15) is 0 Å². The van der Waals surface area contributed by atoms with Gasteiger partial charge < -0.3 is 9.84 Å². The smallest absolute Gasteiger partial charge is 0.270 e. The van der Waals surface area contributed by atoms with E-state index in [1.807, 2.05) is 0 Å². The third kappa shape index (κ3) is 2.79. The number of fused-ring (bicyclic) bond motifs is 1. The van der Waals surface area contributed by atoms with E-state index in [-0.39, 0.29) is 15.7 Å². The Morgan fingerprint density at radius 2 is 2.23 bits per heavy atom. The van der Waals surface area contributed by atoms with Gasteiger partial charge in [-0.3, -0.25) is 0 Å². The first-order chi connectivity index (χ1) is 12.7. The number of rotatable bonds is 4. The van der Waals surface area contributed by atoms with Crippen LogP contribution >= 0.6 is 22.9 Å². The predicted octanol–water partition coefficient (Wildman–Crippen LogP) is 3.74. The maximum absolute atomic E-state index is 14.6. The number of hydrogen-bond donors (Lipinski definition) is 1. The highest BCUT2D eigenvalue weighted by Gasteiger charge is 2.43. The first-order valence-electron chi connectivity index (χ1n) is 7.49. The van der Waals surface area contributed by atoms with E-state index in [4.69, 9.17) is 17.7 Å². The number of sulfonamides is 1. The molecule has 2 heterocycles. The Balaban J connectivity index is 2.36. The molecule has 6 nitrogen and oxygen atoms in total. The number of methoxy groups -OCH3 is 1. The van der Waals surface area contributed by atoms with Crippen molar-refractivity contribution in [2.75, 3.05) is 17.9 Å². The quantitative estimate of drug-likeness (QED) is 0.804. The third-order valence-electron chi connectivity index (χ3n) is 3.50. The molecule has 0 amide bonds. The number of anilines is 1. The summed E-state index contributed by atoms with van der Waals surface area (Å²) in [6.07, 6.45) is -3.05. The van der Waals surface area contributed by atoms with Crippen LogP contribution in [0.2, 0.25) is 5.02 Å². The Morgan fingerprint density at radius 3 is 2.88 bits per heavy atom. The number of aliphatic hydroxyl groups is 1. The zero-order valence-corrected chi connectivity index (χ0v) is 15.0. The van der Waals surface area contributed by atoms with Crippen molar-refractivity contribution in [1.82, 2.24) is 4.98 Å². The van der Waals surface area contributed by atoms with Crippen LogP contribution in [0, 0.1) is 5.82 Å². The summed E-state index contributed by atoms with van der Waals surface area (Å²) in [5.41, 5.74) is 0.415. The van der Waals surface area contributed by atoms with Crippen LogP contribution in [0.4, 0.5) is 19.0 Å². The Labute approximate surface area is 156 Å². The Hall–Kier alpha value is -1.98. The maximum atomic E-state index is 14.6. The van der Waals surface area contributed by atoms with E-state index in [2.05, 4.69) is 4.98 Å². The molecule has 3 rings (SSSR count). The normalized spacial score (nSPS) is 16.7. The van der Waals surface area contributed by atoms with Crippen molar-refractivity contribution in [2.24, 2.45) is 0 Å². The minimum Gasteiger partial charge on any atom is -0.505 e. The number of hydrogen-bond acceptors (Lipinski definition) is 6. The Bertz CT molecular complexity index is 1030. The Morgan fingerprint density at radius 1 is 1.50 bits per heavy atom. The van der Waals surface area contributed by atoms with Gasteiger partial charge in [-0.1, -0.05) is 11.6 Å². The average molecular weight is 428 g/mol. The van der Waals surface area contributed by atoms with E-state index >= 15 is 0 Å². The number of nitrogens with zero attached hydrogens (tertiary/aromatic N) is 2. The molecule has 0 saturated carbocycles. The highest BCUT2D eigenvalue weighted by atomic mass is 35.5. The van der Waals surface area contributed by atoms with Gasteiger partial charge in [0.2, 0.25) is 0 Å². The summed E-state index contributed by atoms with van der Waals surface area (Å²) >= 11 is 6.71. The summed E-state index contributed by atoms with van der Waals surface area (Å²) in [7, 11) is -5.56. The third-order valence-corrected chi connectivity index (χ3v) is 6.43. The van der Waals surface area contributed by atoms with Crippen LogP contribution in [0.5, 0.6) is 5.75 Å². The van der Waals surface area contributed by atoms with Crippen LogP contribution in [0.1, 0.15) is 11.8 Å². The molecular formula is C14H10ClF3N2O4S2. The number of ether oxygens (including phenoxy) is 1. The lowest BCUT2D eigenvalue weighted by Gasteiger charge is -2.29. The molecule has 1 aromatic carbocycles. The summed E-state index contributed by atoms with van der Waals surface area (Å²) in [5.74, 6) is -2.87. The number of thiazole rings is 1. The van der Waals surface area contributed by atoms with Crippen LogP contribution in [0.25, 0.3) is 10.7 Å². The van der Waals surface area contributed by atoms with E-state index in [1.54, 1.807) is 0 Å². The van der Waals surface area contributed by atoms with Crippen molar-refractivity contribution in [2.45, 2.75) is 6.43 Å². The zero-order valence-electron chi connectivity index (χ0n) is 13.6. The lowest BCUT2D eigenvalue weighted by atomic mass is 10.1. The molecule has 0 unspecified atom stereocenters. The van der Waals surface area contributed by atoms with Gasteiger partial charge in [-0.15, -0.1) is 11.3 Å². The van der Waals surface area contributed by atoms with Gasteiger partial charge in [0.15, 0.2) is 11.6 Å². The number of benzene rings is 1. The zero-order chi connectivity index (χ0) is 19.9. The Kier molecular flexibility index (Phi) is 4.45. The average Bonchev–Trinajstić information content (AvgIpc) is 3.07. The highest BCUT2D eigenvalue weighted by molar-refractivity contribution is 8.02. The molecule has 0 aliphatic carbocycles. The largest absolute Gasteiger partial charge is 0.505 e. The van der Waals surface area contributed by atoms with Gasteiger partial charge in [0.25, 0.3) is 16.4 Å².